The minimum Gasteiger partial charge on any atom is -0.493 e. The molecule has 1 heterocycles. The lowest BCUT2D eigenvalue weighted by molar-refractivity contribution is -0.384. The summed E-state index contributed by atoms with van der Waals surface area (Å²) in [6.07, 6.45) is 1.43. The number of nitrogens with zero attached hydrogens (tertiary/aromatic N) is 4. The summed E-state index contributed by atoms with van der Waals surface area (Å²) in [5, 5.41) is 23.4. The maximum absolute atomic E-state index is 12.3. The van der Waals surface area contributed by atoms with Gasteiger partial charge in [-0.2, -0.15) is 0 Å². The molecule has 3 aromatic rings. The smallest absolute Gasteiger partial charge is 0.289 e. The standard InChI is InChI=1S/C22H23Cl2N5O4S/c1-3-28-20(5-4-10-33-19-9-6-15(23)11-14(19)2)26-27-22(28)34-13-21(30)25-16-7-8-17(24)18(12-16)29(31)32/h6-9,11-12H,3-5,10,13H2,1-2H3,(H,25,30). The number of aryl methyl sites for hydroxylation is 2. The van der Waals surface area contributed by atoms with E-state index in [2.05, 4.69) is 15.5 Å². The van der Waals surface area contributed by atoms with E-state index in [1.807, 2.05) is 30.5 Å². The second kappa shape index (κ2) is 12.0. The van der Waals surface area contributed by atoms with Gasteiger partial charge in [-0.15, -0.1) is 10.2 Å². The molecule has 0 aliphatic carbocycles. The highest BCUT2D eigenvalue weighted by Gasteiger charge is 2.16. The highest BCUT2D eigenvalue weighted by molar-refractivity contribution is 7.99. The van der Waals surface area contributed by atoms with Gasteiger partial charge < -0.3 is 14.6 Å². The summed E-state index contributed by atoms with van der Waals surface area (Å²) in [7, 11) is 0. The fourth-order valence-electron chi connectivity index (χ4n) is 3.17. The van der Waals surface area contributed by atoms with E-state index in [9.17, 15) is 14.9 Å². The van der Waals surface area contributed by atoms with Crippen LogP contribution >= 0.6 is 35.0 Å². The number of anilines is 1. The van der Waals surface area contributed by atoms with Crippen LogP contribution in [0.1, 0.15) is 24.7 Å². The Hall–Kier alpha value is -2.82. The first-order valence-electron chi connectivity index (χ1n) is 10.5. The summed E-state index contributed by atoms with van der Waals surface area (Å²) in [6, 6.07) is 9.63. The van der Waals surface area contributed by atoms with E-state index in [-0.39, 0.29) is 22.4 Å². The molecule has 0 radical (unpaired) electrons. The Morgan fingerprint density at radius 1 is 1.24 bits per heavy atom. The molecule has 0 unspecified atom stereocenters. The maximum atomic E-state index is 12.3. The molecule has 0 saturated heterocycles. The molecular formula is C22H23Cl2N5O4S. The predicted octanol–water partition coefficient (Wildman–Crippen LogP) is 5.56. The van der Waals surface area contributed by atoms with Crippen molar-refractivity contribution in [3.63, 3.8) is 0 Å². The van der Waals surface area contributed by atoms with Crippen LogP contribution in [0.4, 0.5) is 11.4 Å². The number of thioether (sulfide) groups is 1. The minimum atomic E-state index is -0.598. The van der Waals surface area contributed by atoms with Crippen LogP contribution < -0.4 is 10.1 Å². The lowest BCUT2D eigenvalue weighted by atomic mass is 10.2. The number of nitro groups is 1. The Morgan fingerprint density at radius 3 is 2.74 bits per heavy atom. The Bertz CT molecular complexity index is 1190. The molecule has 180 valence electrons. The lowest BCUT2D eigenvalue weighted by Gasteiger charge is -2.10. The van der Waals surface area contributed by atoms with Gasteiger partial charge in [-0.05, 0) is 56.2 Å². The number of ether oxygens (including phenoxy) is 1. The van der Waals surface area contributed by atoms with Gasteiger partial charge in [-0.3, -0.25) is 14.9 Å². The van der Waals surface area contributed by atoms with Crippen LogP contribution in [-0.2, 0) is 17.8 Å². The molecule has 0 spiro atoms. The first-order valence-corrected chi connectivity index (χ1v) is 12.2. The molecule has 0 fully saturated rings. The Balaban J connectivity index is 1.51. The first kappa shape index (κ1) is 25.8. The fraction of sp³-hybridized carbons (Fsp3) is 0.318. The highest BCUT2D eigenvalue weighted by atomic mass is 35.5. The number of hydrogen-bond donors (Lipinski definition) is 1. The first-order chi connectivity index (χ1) is 16.3. The van der Waals surface area contributed by atoms with Crippen molar-refractivity contribution in [2.75, 3.05) is 17.7 Å². The van der Waals surface area contributed by atoms with Crippen LogP contribution in [0.5, 0.6) is 5.75 Å². The molecule has 12 heteroatoms. The maximum Gasteiger partial charge on any atom is 0.289 e. The zero-order chi connectivity index (χ0) is 24.7. The van der Waals surface area contributed by atoms with Crippen LogP contribution in [0.25, 0.3) is 0 Å². The number of nitro benzene ring substituents is 1. The molecule has 0 aliphatic heterocycles. The largest absolute Gasteiger partial charge is 0.493 e. The van der Waals surface area contributed by atoms with Crippen molar-refractivity contribution in [1.29, 1.82) is 0 Å². The quantitative estimate of drug-likeness (QED) is 0.151. The number of hydrogen-bond acceptors (Lipinski definition) is 7. The Kier molecular flexibility index (Phi) is 9.14. The van der Waals surface area contributed by atoms with Gasteiger partial charge in [0.05, 0.1) is 17.3 Å². The van der Waals surface area contributed by atoms with Crippen LogP contribution in [-0.4, -0.2) is 38.0 Å². The summed E-state index contributed by atoms with van der Waals surface area (Å²) in [6.45, 7) is 5.12. The predicted molar refractivity (Wildman–Crippen MR) is 133 cm³/mol. The van der Waals surface area contributed by atoms with Gasteiger partial charge >= 0.3 is 0 Å². The molecule has 0 atom stereocenters. The number of amides is 1. The second-order valence-electron chi connectivity index (χ2n) is 7.27. The number of rotatable bonds is 11. The normalized spacial score (nSPS) is 10.8. The highest BCUT2D eigenvalue weighted by Crippen LogP contribution is 2.28. The van der Waals surface area contributed by atoms with Crippen molar-refractivity contribution in [3.05, 3.63) is 67.9 Å². The fourth-order valence-corrected chi connectivity index (χ4v) is 4.41. The average Bonchev–Trinajstić information content (AvgIpc) is 3.19. The molecule has 34 heavy (non-hydrogen) atoms. The second-order valence-corrected chi connectivity index (χ2v) is 9.05. The van der Waals surface area contributed by atoms with E-state index >= 15 is 0 Å². The van der Waals surface area contributed by atoms with E-state index in [1.54, 1.807) is 6.07 Å². The van der Waals surface area contributed by atoms with E-state index in [0.717, 1.165) is 23.6 Å². The molecular weight excluding hydrogens is 501 g/mol. The molecule has 0 aliphatic rings. The van der Waals surface area contributed by atoms with E-state index in [4.69, 9.17) is 27.9 Å². The van der Waals surface area contributed by atoms with E-state index < -0.39 is 4.92 Å². The number of aromatic nitrogens is 3. The number of carbonyl (C=O) groups is 1. The Labute approximate surface area is 210 Å². The van der Waals surface area contributed by atoms with Crippen LogP contribution in [0.2, 0.25) is 10.0 Å². The van der Waals surface area contributed by atoms with Crippen LogP contribution in [0.3, 0.4) is 0 Å². The van der Waals surface area contributed by atoms with Crippen molar-refractivity contribution >= 4 is 52.2 Å². The van der Waals surface area contributed by atoms with Crippen molar-refractivity contribution in [2.24, 2.45) is 0 Å². The van der Waals surface area contributed by atoms with Gasteiger partial charge in [0.25, 0.3) is 5.69 Å². The van der Waals surface area contributed by atoms with E-state index in [0.29, 0.717) is 35.4 Å². The molecule has 1 amide bonds. The molecule has 1 N–H and O–H groups in total. The SMILES string of the molecule is CCn1c(CCCOc2ccc(Cl)cc2C)nnc1SCC(=O)Nc1ccc(Cl)c([N+](=O)[O-])c1. The van der Waals surface area contributed by atoms with Gasteiger partial charge in [0.15, 0.2) is 5.16 Å². The molecule has 0 saturated carbocycles. The average molecular weight is 524 g/mol. The molecule has 1 aromatic heterocycles. The van der Waals surface area contributed by atoms with Gasteiger partial charge in [0.2, 0.25) is 5.91 Å². The topological polar surface area (TPSA) is 112 Å². The van der Waals surface area contributed by atoms with Gasteiger partial charge in [-0.1, -0.05) is 35.0 Å². The summed E-state index contributed by atoms with van der Waals surface area (Å²) >= 11 is 13.0. The molecule has 3 rings (SSSR count). The third kappa shape index (κ3) is 6.85. The Morgan fingerprint density at radius 2 is 2.03 bits per heavy atom. The van der Waals surface area contributed by atoms with Gasteiger partial charge in [0, 0.05) is 29.7 Å². The van der Waals surface area contributed by atoms with Crippen LogP contribution in [0.15, 0.2) is 41.6 Å². The third-order valence-electron chi connectivity index (χ3n) is 4.81. The van der Waals surface area contributed by atoms with Crippen molar-refractivity contribution in [1.82, 2.24) is 14.8 Å². The summed E-state index contributed by atoms with van der Waals surface area (Å²) in [5.41, 5.74) is 1.02. The minimum absolute atomic E-state index is 0.00894. The number of halogens is 2. The monoisotopic (exact) mass is 523 g/mol. The van der Waals surface area contributed by atoms with Crippen LogP contribution in [0, 0.1) is 17.0 Å². The van der Waals surface area contributed by atoms with Crippen molar-refractivity contribution in [3.8, 4) is 5.75 Å². The van der Waals surface area contributed by atoms with Gasteiger partial charge in [0.1, 0.15) is 16.6 Å². The zero-order valence-corrected chi connectivity index (χ0v) is 20.9. The van der Waals surface area contributed by atoms with Crippen molar-refractivity contribution in [2.45, 2.75) is 38.4 Å². The van der Waals surface area contributed by atoms with Gasteiger partial charge in [-0.25, -0.2) is 0 Å². The third-order valence-corrected chi connectivity index (χ3v) is 6.33. The van der Waals surface area contributed by atoms with E-state index in [1.165, 1.54) is 30.0 Å². The molecule has 0 bridgehead atoms. The van der Waals surface area contributed by atoms with Crippen molar-refractivity contribution < 1.29 is 14.5 Å². The summed E-state index contributed by atoms with van der Waals surface area (Å²) in [4.78, 5) is 22.7. The number of nitrogens with one attached hydrogen (secondary N) is 1. The number of carbonyl (C=O) groups excluding carboxylic acids is 1. The molecule has 9 nitrogen and oxygen atoms in total. The zero-order valence-electron chi connectivity index (χ0n) is 18.6. The number of benzene rings is 2. The summed E-state index contributed by atoms with van der Waals surface area (Å²) in [5.74, 6) is 1.37. The summed E-state index contributed by atoms with van der Waals surface area (Å²) < 4.78 is 7.79. The lowest BCUT2D eigenvalue weighted by Crippen LogP contribution is -2.15. The molecule has 2 aromatic carbocycles.